The van der Waals surface area contributed by atoms with Gasteiger partial charge in [-0.2, -0.15) is 4.31 Å². The summed E-state index contributed by atoms with van der Waals surface area (Å²) >= 11 is 4.73. The maximum absolute atomic E-state index is 12.8. The summed E-state index contributed by atoms with van der Waals surface area (Å²) in [6, 6.07) is 2.70. The molecule has 0 N–H and O–H groups in total. The fourth-order valence-corrected chi connectivity index (χ4v) is 7.06. The molecule has 1 aromatic rings. The van der Waals surface area contributed by atoms with Gasteiger partial charge in [0.15, 0.2) is 0 Å². The van der Waals surface area contributed by atoms with Crippen LogP contribution >= 0.6 is 27.3 Å². The summed E-state index contributed by atoms with van der Waals surface area (Å²) in [6.07, 6.45) is 3.26. The lowest BCUT2D eigenvalue weighted by Crippen LogP contribution is -2.39. The van der Waals surface area contributed by atoms with Gasteiger partial charge in [0.1, 0.15) is 4.21 Å². The molecule has 2 unspecified atom stereocenters. The summed E-state index contributed by atoms with van der Waals surface area (Å²) in [7, 11) is -1.21. The lowest BCUT2D eigenvalue weighted by molar-refractivity contribution is 0.247. The van der Waals surface area contributed by atoms with Crippen LogP contribution in [0.2, 0.25) is 0 Å². The molecule has 2 aliphatic heterocycles. The molecule has 1 aromatic heterocycles. The molecule has 112 valence electrons. The maximum Gasteiger partial charge on any atom is 0.252 e. The normalized spacial score (nSPS) is 28.8. The summed E-state index contributed by atoms with van der Waals surface area (Å²) in [5.41, 5.74) is 0.988. The first-order valence-electron chi connectivity index (χ1n) is 6.87. The average Bonchev–Trinajstić information content (AvgIpc) is 2.81. The molecule has 0 saturated carbocycles. The van der Waals surface area contributed by atoms with Gasteiger partial charge in [-0.3, -0.25) is 4.90 Å². The highest BCUT2D eigenvalue weighted by molar-refractivity contribution is 9.11. The minimum Gasteiger partial charge on any atom is -0.299 e. The van der Waals surface area contributed by atoms with Crippen LogP contribution in [-0.4, -0.2) is 49.8 Å². The van der Waals surface area contributed by atoms with Crippen LogP contribution in [0.1, 0.15) is 24.8 Å². The Balaban J connectivity index is 1.88. The Labute approximate surface area is 132 Å². The van der Waals surface area contributed by atoms with Crippen molar-refractivity contribution >= 4 is 37.3 Å². The molecule has 2 bridgehead atoms. The standard InChI is InChI=1S/C13H19BrN2O2S2/c1-9-7-12(19-13(9)14)20(17,18)16-6-5-10-3-4-11(8-16)15(10)2/h7,10-11H,3-6,8H2,1-2H3. The molecule has 2 aliphatic rings. The Bertz CT molecular complexity index is 594. The number of sulfonamides is 1. The molecule has 0 radical (unpaired) electrons. The van der Waals surface area contributed by atoms with E-state index < -0.39 is 10.0 Å². The third-order valence-corrected chi connectivity index (χ3v) is 8.99. The van der Waals surface area contributed by atoms with Crippen molar-refractivity contribution in [1.82, 2.24) is 9.21 Å². The van der Waals surface area contributed by atoms with Crippen LogP contribution in [0.4, 0.5) is 0 Å². The zero-order valence-corrected chi connectivity index (χ0v) is 14.9. The highest BCUT2D eigenvalue weighted by Gasteiger charge is 2.39. The first kappa shape index (κ1) is 15.0. The van der Waals surface area contributed by atoms with Gasteiger partial charge in [-0.1, -0.05) is 0 Å². The number of thiophene rings is 1. The van der Waals surface area contributed by atoms with Gasteiger partial charge in [-0.25, -0.2) is 8.42 Å². The minimum absolute atomic E-state index is 0.377. The van der Waals surface area contributed by atoms with E-state index in [0.717, 1.165) is 22.2 Å². The van der Waals surface area contributed by atoms with E-state index in [2.05, 4.69) is 27.9 Å². The van der Waals surface area contributed by atoms with E-state index in [4.69, 9.17) is 0 Å². The van der Waals surface area contributed by atoms with Gasteiger partial charge in [0, 0.05) is 25.2 Å². The van der Waals surface area contributed by atoms with Gasteiger partial charge in [0.05, 0.1) is 3.79 Å². The molecule has 3 rings (SSSR count). The first-order valence-corrected chi connectivity index (χ1v) is 9.92. The highest BCUT2D eigenvalue weighted by Crippen LogP contribution is 2.35. The van der Waals surface area contributed by atoms with Crippen LogP contribution in [0, 0.1) is 6.92 Å². The quantitative estimate of drug-likeness (QED) is 0.793. The first-order chi connectivity index (χ1) is 9.39. The van der Waals surface area contributed by atoms with Crippen LogP contribution < -0.4 is 0 Å². The molecule has 0 amide bonds. The van der Waals surface area contributed by atoms with Crippen molar-refractivity contribution in [2.24, 2.45) is 0 Å². The zero-order valence-electron chi connectivity index (χ0n) is 11.7. The van der Waals surface area contributed by atoms with Crippen molar-refractivity contribution in [2.75, 3.05) is 20.1 Å². The summed E-state index contributed by atoms with van der Waals surface area (Å²) in [5, 5.41) is 0. The minimum atomic E-state index is -3.34. The lowest BCUT2D eigenvalue weighted by Gasteiger charge is -2.24. The lowest BCUT2D eigenvalue weighted by atomic mass is 10.1. The molecule has 20 heavy (non-hydrogen) atoms. The van der Waals surface area contributed by atoms with Crippen LogP contribution in [0.25, 0.3) is 0 Å². The molecule has 2 saturated heterocycles. The van der Waals surface area contributed by atoms with E-state index in [-0.39, 0.29) is 0 Å². The number of likely N-dealkylation sites (N-methyl/N-ethyl adjacent to an activating group) is 1. The van der Waals surface area contributed by atoms with Gasteiger partial charge >= 0.3 is 0 Å². The number of hydrogen-bond donors (Lipinski definition) is 0. The fourth-order valence-electron chi connectivity index (χ4n) is 3.18. The predicted molar refractivity (Wildman–Crippen MR) is 84.7 cm³/mol. The van der Waals surface area contributed by atoms with Crippen LogP contribution in [0.15, 0.2) is 14.1 Å². The van der Waals surface area contributed by atoms with Crippen molar-refractivity contribution in [3.05, 3.63) is 15.4 Å². The van der Waals surface area contributed by atoms with E-state index in [9.17, 15) is 8.42 Å². The molecule has 4 nitrogen and oxygen atoms in total. The Morgan fingerprint density at radius 3 is 2.65 bits per heavy atom. The maximum atomic E-state index is 12.8. The van der Waals surface area contributed by atoms with Gasteiger partial charge < -0.3 is 0 Å². The van der Waals surface area contributed by atoms with Crippen molar-refractivity contribution in [2.45, 2.75) is 42.5 Å². The Hall–Kier alpha value is 0.0500. The Kier molecular flexibility index (Phi) is 4.01. The number of rotatable bonds is 2. The SMILES string of the molecule is Cc1cc(S(=O)(=O)N2CCC3CCC(C2)N3C)sc1Br. The second-order valence-corrected chi connectivity index (χ2v) is 10.3. The fraction of sp³-hybridized carbons (Fsp3) is 0.692. The molecule has 2 atom stereocenters. The molecule has 3 heterocycles. The molecule has 7 heteroatoms. The predicted octanol–water partition coefficient (Wildman–Crippen LogP) is 2.68. The molecule has 0 aromatic carbocycles. The summed E-state index contributed by atoms with van der Waals surface area (Å²) < 4.78 is 28.6. The number of fused-ring (bicyclic) bond motifs is 2. The van der Waals surface area contributed by atoms with Crippen molar-refractivity contribution in [1.29, 1.82) is 0 Å². The summed E-state index contributed by atoms with van der Waals surface area (Å²) in [4.78, 5) is 2.37. The van der Waals surface area contributed by atoms with Crippen molar-refractivity contribution in [3.8, 4) is 0 Å². The Morgan fingerprint density at radius 2 is 2.00 bits per heavy atom. The van der Waals surface area contributed by atoms with E-state index in [0.29, 0.717) is 29.4 Å². The number of aryl methyl sites for hydroxylation is 1. The zero-order chi connectivity index (χ0) is 14.5. The van der Waals surface area contributed by atoms with E-state index in [1.54, 1.807) is 10.4 Å². The van der Waals surface area contributed by atoms with E-state index >= 15 is 0 Å². The van der Waals surface area contributed by atoms with Gasteiger partial charge in [0.2, 0.25) is 0 Å². The van der Waals surface area contributed by atoms with Crippen molar-refractivity contribution in [3.63, 3.8) is 0 Å². The molecular weight excluding hydrogens is 360 g/mol. The number of nitrogens with zero attached hydrogens (tertiary/aromatic N) is 2. The summed E-state index contributed by atoms with van der Waals surface area (Å²) in [6.45, 7) is 3.20. The van der Waals surface area contributed by atoms with Gasteiger partial charge in [-0.15, -0.1) is 11.3 Å². The van der Waals surface area contributed by atoms with E-state index in [1.807, 2.05) is 6.92 Å². The molecule has 0 aliphatic carbocycles. The monoisotopic (exact) mass is 378 g/mol. The molecule has 2 fully saturated rings. The van der Waals surface area contributed by atoms with Gasteiger partial charge in [-0.05, 0) is 60.8 Å². The second-order valence-electron chi connectivity index (χ2n) is 5.72. The van der Waals surface area contributed by atoms with Crippen LogP contribution in [0.3, 0.4) is 0 Å². The molecule has 0 spiro atoms. The average molecular weight is 379 g/mol. The third-order valence-electron chi connectivity index (χ3n) is 4.54. The number of halogens is 1. The smallest absolute Gasteiger partial charge is 0.252 e. The number of hydrogen-bond acceptors (Lipinski definition) is 4. The van der Waals surface area contributed by atoms with Crippen molar-refractivity contribution < 1.29 is 8.42 Å². The van der Waals surface area contributed by atoms with Crippen LogP contribution in [0.5, 0.6) is 0 Å². The highest BCUT2D eigenvalue weighted by atomic mass is 79.9. The topological polar surface area (TPSA) is 40.6 Å². The Morgan fingerprint density at radius 1 is 1.30 bits per heavy atom. The largest absolute Gasteiger partial charge is 0.299 e. The second kappa shape index (κ2) is 5.35. The third kappa shape index (κ3) is 2.47. The molecular formula is C13H19BrN2O2S2. The van der Waals surface area contributed by atoms with Gasteiger partial charge in [0.25, 0.3) is 10.0 Å². The van der Waals surface area contributed by atoms with E-state index in [1.165, 1.54) is 17.8 Å². The van der Waals surface area contributed by atoms with Crippen LogP contribution in [-0.2, 0) is 10.0 Å². The summed E-state index contributed by atoms with van der Waals surface area (Å²) in [5.74, 6) is 0.